The molecule has 1 rings (SSSR count). The van der Waals surface area contributed by atoms with Crippen molar-refractivity contribution in [2.45, 2.75) is 13.8 Å². The number of benzene rings is 1. The fourth-order valence-electron chi connectivity index (χ4n) is 1.42. The molecule has 0 saturated carbocycles. The fraction of sp³-hybridized carbons (Fsp3) is 0.333. The van der Waals surface area contributed by atoms with E-state index >= 15 is 0 Å². The lowest BCUT2D eigenvalue weighted by atomic mass is 10.2. The smallest absolute Gasteiger partial charge is 0.321 e. The van der Waals surface area contributed by atoms with Crippen molar-refractivity contribution in [2.24, 2.45) is 0 Å². The number of urea groups is 1. The minimum atomic E-state index is -0.186. The third-order valence-electron chi connectivity index (χ3n) is 2.39. The van der Waals surface area contributed by atoms with Crippen LogP contribution in [0.4, 0.5) is 10.5 Å². The summed E-state index contributed by atoms with van der Waals surface area (Å²) in [6.45, 7) is 5.10. The van der Waals surface area contributed by atoms with E-state index in [1.165, 1.54) is 0 Å². The van der Waals surface area contributed by atoms with Crippen molar-refractivity contribution in [3.63, 3.8) is 0 Å². The monoisotopic (exact) mass is 295 g/mol. The summed E-state index contributed by atoms with van der Waals surface area (Å²) in [5.41, 5.74) is 0.979. The molecule has 0 saturated heterocycles. The molecule has 1 N–H and O–H groups in total. The van der Waals surface area contributed by atoms with Gasteiger partial charge in [-0.15, -0.1) is 0 Å². The molecule has 1 aromatic rings. The normalized spacial score (nSPS) is 9.53. The number of amides is 2. The minimum Gasteiger partial charge on any atom is -0.325 e. The summed E-state index contributed by atoms with van der Waals surface area (Å²) in [4.78, 5) is 13.5. The van der Waals surface area contributed by atoms with Gasteiger partial charge >= 0.3 is 6.03 Å². The zero-order valence-corrected chi connectivity index (χ0v) is 11.4. The van der Waals surface area contributed by atoms with Crippen LogP contribution in [-0.2, 0) is 0 Å². The van der Waals surface area contributed by atoms with Crippen LogP contribution in [0.25, 0.3) is 0 Å². The number of nitriles is 1. The van der Waals surface area contributed by atoms with Gasteiger partial charge in [0.25, 0.3) is 0 Å². The molecule has 0 unspecified atom stereocenters. The van der Waals surface area contributed by atoms with Crippen LogP contribution in [0.5, 0.6) is 0 Å². The van der Waals surface area contributed by atoms with Crippen LogP contribution < -0.4 is 5.32 Å². The summed E-state index contributed by atoms with van der Waals surface area (Å²) in [7, 11) is 0. The molecule has 0 aliphatic carbocycles. The van der Waals surface area contributed by atoms with E-state index in [4.69, 9.17) is 5.26 Å². The van der Waals surface area contributed by atoms with E-state index in [-0.39, 0.29) is 6.03 Å². The third kappa shape index (κ3) is 3.46. The van der Waals surface area contributed by atoms with Crippen LogP contribution in [0, 0.1) is 11.3 Å². The predicted molar refractivity (Wildman–Crippen MR) is 70.8 cm³/mol. The third-order valence-corrected chi connectivity index (χ3v) is 2.89. The Kier molecular flexibility index (Phi) is 4.98. The molecule has 5 heteroatoms. The highest BCUT2D eigenvalue weighted by Crippen LogP contribution is 2.20. The quantitative estimate of drug-likeness (QED) is 0.931. The van der Waals surface area contributed by atoms with Gasteiger partial charge in [0, 0.05) is 17.6 Å². The summed E-state index contributed by atoms with van der Waals surface area (Å²) in [6, 6.07) is 7.05. The Hall–Kier alpha value is -1.54. The topological polar surface area (TPSA) is 56.1 Å². The molecule has 4 nitrogen and oxygen atoms in total. The zero-order chi connectivity index (χ0) is 12.8. The summed E-state index contributed by atoms with van der Waals surface area (Å²) < 4.78 is 0.815. The van der Waals surface area contributed by atoms with Gasteiger partial charge in [-0.1, -0.05) is 15.9 Å². The maximum atomic E-state index is 11.8. The summed E-state index contributed by atoms with van der Waals surface area (Å²) >= 11 is 3.29. The van der Waals surface area contributed by atoms with Crippen LogP contribution in [0.2, 0.25) is 0 Å². The lowest BCUT2D eigenvalue weighted by Crippen LogP contribution is -2.34. The van der Waals surface area contributed by atoms with E-state index < -0.39 is 0 Å². The van der Waals surface area contributed by atoms with Crippen molar-refractivity contribution in [3.05, 3.63) is 28.2 Å². The van der Waals surface area contributed by atoms with E-state index in [0.29, 0.717) is 24.3 Å². The Morgan fingerprint density at radius 1 is 1.47 bits per heavy atom. The number of halogens is 1. The summed E-state index contributed by atoms with van der Waals surface area (Å²) in [5, 5.41) is 11.7. The first kappa shape index (κ1) is 13.5. The van der Waals surface area contributed by atoms with Gasteiger partial charge < -0.3 is 10.2 Å². The second-order valence-electron chi connectivity index (χ2n) is 3.40. The van der Waals surface area contributed by atoms with Crippen molar-refractivity contribution >= 4 is 27.6 Å². The number of carbonyl (C=O) groups excluding carboxylic acids is 1. The molecule has 0 aliphatic heterocycles. The maximum Gasteiger partial charge on any atom is 0.321 e. The Labute approximate surface area is 109 Å². The molecular formula is C12H14BrN3O. The number of anilines is 1. The molecular weight excluding hydrogens is 282 g/mol. The number of rotatable bonds is 3. The molecule has 0 radical (unpaired) electrons. The van der Waals surface area contributed by atoms with Crippen LogP contribution in [0.3, 0.4) is 0 Å². The van der Waals surface area contributed by atoms with E-state index in [1.807, 2.05) is 13.8 Å². The van der Waals surface area contributed by atoms with Crippen molar-refractivity contribution in [1.29, 1.82) is 5.26 Å². The zero-order valence-electron chi connectivity index (χ0n) is 9.83. The molecule has 0 aliphatic rings. The van der Waals surface area contributed by atoms with Crippen LogP contribution in [-0.4, -0.2) is 24.0 Å². The van der Waals surface area contributed by atoms with Gasteiger partial charge in [-0.3, -0.25) is 0 Å². The van der Waals surface area contributed by atoms with Gasteiger partial charge in [0.1, 0.15) is 6.07 Å². The largest absolute Gasteiger partial charge is 0.325 e. The summed E-state index contributed by atoms with van der Waals surface area (Å²) in [5.74, 6) is 0. The number of hydrogen-bond donors (Lipinski definition) is 1. The maximum absolute atomic E-state index is 11.8. The van der Waals surface area contributed by atoms with Crippen molar-refractivity contribution in [1.82, 2.24) is 4.90 Å². The van der Waals surface area contributed by atoms with E-state index in [9.17, 15) is 4.79 Å². The number of nitrogens with zero attached hydrogens (tertiary/aromatic N) is 2. The molecule has 90 valence electrons. The molecule has 0 atom stereocenters. The van der Waals surface area contributed by atoms with Gasteiger partial charge in [0.2, 0.25) is 0 Å². The van der Waals surface area contributed by atoms with Gasteiger partial charge in [-0.05, 0) is 32.0 Å². The first-order valence-corrected chi connectivity index (χ1v) is 6.17. The van der Waals surface area contributed by atoms with Gasteiger partial charge in [0.15, 0.2) is 0 Å². The lowest BCUT2D eigenvalue weighted by molar-refractivity contribution is 0.217. The Morgan fingerprint density at radius 3 is 2.65 bits per heavy atom. The van der Waals surface area contributed by atoms with E-state index in [2.05, 4.69) is 27.3 Å². The summed E-state index contributed by atoms with van der Waals surface area (Å²) in [6.07, 6.45) is 0. The SMILES string of the molecule is CCN(CC)C(=O)Nc1ccc(Br)cc1C#N. The fourth-order valence-corrected chi connectivity index (χ4v) is 1.78. The molecule has 0 aromatic heterocycles. The molecule has 1 aromatic carbocycles. The lowest BCUT2D eigenvalue weighted by Gasteiger charge is -2.19. The van der Waals surface area contributed by atoms with Gasteiger partial charge in [0.05, 0.1) is 11.3 Å². The first-order chi connectivity index (χ1) is 8.12. The second kappa shape index (κ2) is 6.26. The average Bonchev–Trinajstić information content (AvgIpc) is 2.33. The highest BCUT2D eigenvalue weighted by Gasteiger charge is 2.11. The standard InChI is InChI=1S/C12H14BrN3O/c1-3-16(4-2)12(17)15-11-6-5-10(13)7-9(11)8-14/h5-7H,3-4H2,1-2H3,(H,15,17). The van der Waals surface area contributed by atoms with Crippen molar-refractivity contribution in [2.75, 3.05) is 18.4 Å². The highest BCUT2D eigenvalue weighted by atomic mass is 79.9. The average molecular weight is 296 g/mol. The van der Waals surface area contributed by atoms with Crippen molar-refractivity contribution in [3.8, 4) is 6.07 Å². The molecule has 0 heterocycles. The number of nitrogens with one attached hydrogen (secondary N) is 1. The molecule has 0 fully saturated rings. The van der Waals surface area contributed by atoms with E-state index in [1.54, 1.807) is 23.1 Å². The van der Waals surface area contributed by atoms with Gasteiger partial charge in [-0.25, -0.2) is 4.79 Å². The minimum absolute atomic E-state index is 0.186. The van der Waals surface area contributed by atoms with Gasteiger partial charge in [-0.2, -0.15) is 5.26 Å². The molecule has 2 amide bonds. The number of carbonyl (C=O) groups is 1. The number of hydrogen-bond acceptors (Lipinski definition) is 2. The van der Waals surface area contributed by atoms with Crippen LogP contribution >= 0.6 is 15.9 Å². The first-order valence-electron chi connectivity index (χ1n) is 5.38. The molecule has 17 heavy (non-hydrogen) atoms. The Morgan fingerprint density at radius 2 is 2.12 bits per heavy atom. The van der Waals surface area contributed by atoms with Crippen LogP contribution in [0.15, 0.2) is 22.7 Å². The predicted octanol–water partition coefficient (Wildman–Crippen LogP) is 3.19. The Bertz CT molecular complexity index is 450. The molecule has 0 bridgehead atoms. The van der Waals surface area contributed by atoms with E-state index in [0.717, 1.165) is 4.47 Å². The Balaban J connectivity index is 2.89. The highest BCUT2D eigenvalue weighted by molar-refractivity contribution is 9.10. The van der Waals surface area contributed by atoms with Crippen molar-refractivity contribution < 1.29 is 4.79 Å². The second-order valence-corrected chi connectivity index (χ2v) is 4.32. The van der Waals surface area contributed by atoms with Crippen LogP contribution in [0.1, 0.15) is 19.4 Å². The molecule has 0 spiro atoms.